The van der Waals surface area contributed by atoms with Gasteiger partial charge in [-0.25, -0.2) is 0 Å². The molecule has 16 heavy (non-hydrogen) atoms. The Balaban J connectivity index is 3.92. The van der Waals surface area contributed by atoms with Gasteiger partial charge in [0.2, 0.25) is 0 Å². The molecule has 0 spiro atoms. The third-order valence-corrected chi connectivity index (χ3v) is 3.77. The Labute approximate surface area is 107 Å². The molecule has 0 aliphatic heterocycles. The highest BCUT2D eigenvalue weighted by Crippen LogP contribution is 2.29. The normalized spacial score (nSPS) is 14.4. The van der Waals surface area contributed by atoms with Crippen LogP contribution in [0.15, 0.2) is 0 Å². The van der Waals surface area contributed by atoms with Crippen LogP contribution in [0.1, 0.15) is 47.5 Å². The molecule has 0 radical (unpaired) electrons. The van der Waals surface area contributed by atoms with Crippen LogP contribution in [-0.4, -0.2) is 25.1 Å². The Morgan fingerprint density at radius 2 is 1.75 bits per heavy atom. The predicted octanol–water partition coefficient (Wildman–Crippen LogP) is 4.04. The molecule has 0 aromatic rings. The molecule has 0 aromatic heterocycles. The van der Waals surface area contributed by atoms with E-state index in [1.807, 2.05) is 11.8 Å². The molecule has 0 aromatic carbocycles. The highest BCUT2D eigenvalue weighted by atomic mass is 32.2. The van der Waals surface area contributed by atoms with E-state index < -0.39 is 0 Å². The van der Waals surface area contributed by atoms with E-state index in [1.54, 1.807) is 0 Å². The van der Waals surface area contributed by atoms with Gasteiger partial charge in [-0.05, 0) is 55.2 Å². The first kappa shape index (κ1) is 16.3. The van der Waals surface area contributed by atoms with Crippen molar-refractivity contribution in [2.24, 2.45) is 17.3 Å². The van der Waals surface area contributed by atoms with Crippen LogP contribution in [0, 0.1) is 17.3 Å². The maximum absolute atomic E-state index is 3.61. The lowest BCUT2D eigenvalue weighted by atomic mass is 9.78. The second kappa shape index (κ2) is 8.41. The molecule has 0 rings (SSSR count). The molecule has 2 heteroatoms. The lowest BCUT2D eigenvalue weighted by Gasteiger charge is -2.31. The van der Waals surface area contributed by atoms with Gasteiger partial charge in [0.15, 0.2) is 0 Å². The summed E-state index contributed by atoms with van der Waals surface area (Å²) in [5.41, 5.74) is 0.433. The van der Waals surface area contributed by atoms with Crippen molar-refractivity contribution in [2.75, 3.05) is 25.1 Å². The molecular weight excluding hydrogens is 214 g/mol. The van der Waals surface area contributed by atoms with Gasteiger partial charge in [-0.3, -0.25) is 0 Å². The molecule has 0 saturated carbocycles. The van der Waals surface area contributed by atoms with Crippen molar-refractivity contribution in [3.63, 3.8) is 0 Å². The average molecular weight is 245 g/mol. The second-order valence-electron chi connectivity index (χ2n) is 6.25. The summed E-state index contributed by atoms with van der Waals surface area (Å²) in [5, 5.41) is 3.61. The van der Waals surface area contributed by atoms with E-state index in [-0.39, 0.29) is 0 Å². The topological polar surface area (TPSA) is 12.0 Å². The highest BCUT2D eigenvalue weighted by molar-refractivity contribution is 7.98. The van der Waals surface area contributed by atoms with Crippen LogP contribution in [0.2, 0.25) is 0 Å². The molecule has 1 atom stereocenters. The van der Waals surface area contributed by atoms with Gasteiger partial charge in [-0.1, -0.05) is 34.6 Å². The number of hydrogen-bond acceptors (Lipinski definition) is 2. The predicted molar refractivity (Wildman–Crippen MR) is 78.3 cm³/mol. The summed E-state index contributed by atoms with van der Waals surface area (Å²) in [4.78, 5) is 0. The van der Waals surface area contributed by atoms with Gasteiger partial charge in [-0.15, -0.1) is 0 Å². The van der Waals surface area contributed by atoms with E-state index in [0.717, 1.165) is 18.4 Å². The first-order valence-corrected chi connectivity index (χ1v) is 7.97. The lowest BCUT2D eigenvalue weighted by molar-refractivity contribution is 0.215. The van der Waals surface area contributed by atoms with Gasteiger partial charge < -0.3 is 5.32 Å². The van der Waals surface area contributed by atoms with Gasteiger partial charge in [-0.2, -0.15) is 11.8 Å². The van der Waals surface area contributed by atoms with Gasteiger partial charge >= 0.3 is 0 Å². The summed E-state index contributed by atoms with van der Waals surface area (Å²) in [7, 11) is 0. The molecule has 0 amide bonds. The fraction of sp³-hybridized carbons (Fsp3) is 1.00. The summed E-state index contributed by atoms with van der Waals surface area (Å²) in [6.45, 7) is 14.0. The number of hydrogen-bond donors (Lipinski definition) is 1. The average Bonchev–Trinajstić information content (AvgIpc) is 2.13. The lowest BCUT2D eigenvalue weighted by Crippen LogP contribution is -2.33. The highest BCUT2D eigenvalue weighted by Gasteiger charge is 2.23. The Morgan fingerprint density at radius 1 is 1.12 bits per heavy atom. The standard InChI is InChI=1S/C14H31NS/c1-12(2)10-15-11-13(14(3,4)5)8-7-9-16-6/h12-13,15H,7-11H2,1-6H3. The number of thioether (sulfide) groups is 1. The molecule has 1 N–H and O–H groups in total. The van der Waals surface area contributed by atoms with Crippen LogP contribution in [0.25, 0.3) is 0 Å². The van der Waals surface area contributed by atoms with Gasteiger partial charge in [0.25, 0.3) is 0 Å². The van der Waals surface area contributed by atoms with Gasteiger partial charge in [0.05, 0.1) is 0 Å². The van der Waals surface area contributed by atoms with E-state index in [4.69, 9.17) is 0 Å². The smallest absolute Gasteiger partial charge is 0.00154 e. The zero-order chi connectivity index (χ0) is 12.6. The number of rotatable bonds is 8. The third-order valence-electron chi connectivity index (χ3n) is 3.07. The van der Waals surface area contributed by atoms with Crippen LogP contribution >= 0.6 is 11.8 Å². The molecule has 0 aliphatic carbocycles. The molecule has 0 saturated heterocycles. The zero-order valence-electron chi connectivity index (χ0n) is 12.1. The van der Waals surface area contributed by atoms with E-state index in [2.05, 4.69) is 46.2 Å². The van der Waals surface area contributed by atoms with E-state index in [0.29, 0.717) is 5.41 Å². The monoisotopic (exact) mass is 245 g/mol. The van der Waals surface area contributed by atoms with Crippen molar-refractivity contribution in [1.82, 2.24) is 5.32 Å². The Kier molecular flexibility index (Phi) is 8.57. The van der Waals surface area contributed by atoms with Gasteiger partial charge in [0.1, 0.15) is 0 Å². The summed E-state index contributed by atoms with van der Waals surface area (Å²) < 4.78 is 0. The molecule has 0 bridgehead atoms. The molecule has 98 valence electrons. The summed E-state index contributed by atoms with van der Waals surface area (Å²) in [6, 6.07) is 0. The van der Waals surface area contributed by atoms with Gasteiger partial charge in [0, 0.05) is 0 Å². The Morgan fingerprint density at radius 3 is 2.19 bits per heavy atom. The SMILES string of the molecule is CSCCCC(CNCC(C)C)C(C)(C)C. The third kappa shape index (κ3) is 8.46. The van der Waals surface area contributed by atoms with Crippen LogP contribution in [-0.2, 0) is 0 Å². The Hall–Kier alpha value is 0.310. The van der Waals surface area contributed by atoms with Crippen LogP contribution in [0.3, 0.4) is 0 Å². The van der Waals surface area contributed by atoms with E-state index in [9.17, 15) is 0 Å². The van der Waals surface area contributed by atoms with E-state index >= 15 is 0 Å². The van der Waals surface area contributed by atoms with Crippen molar-refractivity contribution in [3.8, 4) is 0 Å². The first-order valence-electron chi connectivity index (χ1n) is 6.57. The summed E-state index contributed by atoms with van der Waals surface area (Å²) in [5.74, 6) is 2.86. The number of nitrogens with one attached hydrogen (secondary N) is 1. The summed E-state index contributed by atoms with van der Waals surface area (Å²) >= 11 is 1.96. The summed E-state index contributed by atoms with van der Waals surface area (Å²) in [6.07, 6.45) is 4.91. The zero-order valence-corrected chi connectivity index (χ0v) is 12.9. The van der Waals surface area contributed by atoms with Crippen LogP contribution in [0.5, 0.6) is 0 Å². The molecule has 0 heterocycles. The molecule has 0 aliphatic rings. The maximum atomic E-state index is 3.61. The minimum Gasteiger partial charge on any atom is -0.316 e. The minimum atomic E-state index is 0.433. The van der Waals surface area contributed by atoms with Crippen molar-refractivity contribution in [2.45, 2.75) is 47.5 Å². The quantitative estimate of drug-likeness (QED) is 0.648. The van der Waals surface area contributed by atoms with Crippen molar-refractivity contribution >= 4 is 11.8 Å². The molecule has 0 fully saturated rings. The molecule has 1 unspecified atom stereocenters. The van der Waals surface area contributed by atoms with Crippen LogP contribution in [0.4, 0.5) is 0 Å². The molecular formula is C14H31NS. The minimum absolute atomic E-state index is 0.433. The van der Waals surface area contributed by atoms with Crippen LogP contribution < -0.4 is 5.32 Å². The van der Waals surface area contributed by atoms with Crippen molar-refractivity contribution in [3.05, 3.63) is 0 Å². The second-order valence-corrected chi connectivity index (χ2v) is 7.24. The fourth-order valence-electron chi connectivity index (χ4n) is 1.86. The largest absolute Gasteiger partial charge is 0.316 e. The van der Waals surface area contributed by atoms with Crippen molar-refractivity contribution in [1.29, 1.82) is 0 Å². The fourth-order valence-corrected chi connectivity index (χ4v) is 2.32. The Bertz CT molecular complexity index is 161. The first-order chi connectivity index (χ1) is 7.38. The molecule has 1 nitrogen and oxygen atoms in total. The van der Waals surface area contributed by atoms with E-state index in [1.165, 1.54) is 25.1 Å². The maximum Gasteiger partial charge on any atom is -0.00154 e. The van der Waals surface area contributed by atoms with Crippen molar-refractivity contribution < 1.29 is 0 Å².